The molecule has 0 aliphatic carbocycles. The highest BCUT2D eigenvalue weighted by atomic mass is 16.3. The molecule has 0 radical (unpaired) electrons. The smallest absolute Gasteiger partial charge is 0.122 e. The second-order valence-electron chi connectivity index (χ2n) is 1.87. The fourth-order valence-corrected chi connectivity index (χ4v) is 0.709. The molecular formula is C8H8O2. The molecule has 0 fully saturated rings. The first kappa shape index (κ1) is 6.68. The molecule has 0 aliphatic rings. The molecule has 0 aromatic heterocycles. The number of para-hydroxylation sites is 1. The van der Waals surface area contributed by atoms with Crippen molar-refractivity contribution in [1.82, 2.24) is 0 Å². The summed E-state index contributed by atoms with van der Waals surface area (Å²) in [6, 6.07) is 6.79. The number of aliphatic hydroxyl groups excluding tert-OH is 1. The maximum Gasteiger partial charge on any atom is 0.122 e. The van der Waals surface area contributed by atoms with Gasteiger partial charge < -0.3 is 10.2 Å². The molecule has 2 N–H and O–H groups in total. The molecule has 0 bridgehead atoms. The first-order valence-corrected chi connectivity index (χ1v) is 2.93. The molecule has 1 aromatic rings. The molecule has 10 heavy (non-hydrogen) atoms. The van der Waals surface area contributed by atoms with E-state index in [4.69, 9.17) is 10.2 Å². The molecule has 0 saturated carbocycles. The van der Waals surface area contributed by atoms with E-state index in [1.54, 1.807) is 24.3 Å². The molecule has 0 spiro atoms. The first-order valence-electron chi connectivity index (χ1n) is 2.93. The summed E-state index contributed by atoms with van der Waals surface area (Å²) < 4.78 is 0. The van der Waals surface area contributed by atoms with Crippen LogP contribution in [-0.2, 0) is 0 Å². The summed E-state index contributed by atoms with van der Waals surface area (Å²) in [6.45, 7) is 0. The van der Waals surface area contributed by atoms with Gasteiger partial charge in [-0.1, -0.05) is 18.2 Å². The third-order valence-electron chi connectivity index (χ3n) is 1.19. The molecule has 1 rings (SSSR count). The Balaban J connectivity index is 3.03. The van der Waals surface area contributed by atoms with Crippen molar-refractivity contribution in [3.05, 3.63) is 36.1 Å². The Morgan fingerprint density at radius 3 is 2.50 bits per heavy atom. The van der Waals surface area contributed by atoms with Gasteiger partial charge in [-0.15, -0.1) is 0 Å². The number of aromatic hydroxyl groups is 1. The Morgan fingerprint density at radius 2 is 1.90 bits per heavy atom. The summed E-state index contributed by atoms with van der Waals surface area (Å²) in [6.07, 6.45) is 2.32. The lowest BCUT2D eigenvalue weighted by Gasteiger charge is -1.94. The Kier molecular flexibility index (Phi) is 1.95. The van der Waals surface area contributed by atoms with E-state index in [1.165, 1.54) is 6.08 Å². The van der Waals surface area contributed by atoms with Gasteiger partial charge in [-0.2, -0.15) is 0 Å². The van der Waals surface area contributed by atoms with Crippen molar-refractivity contribution in [3.8, 4) is 5.75 Å². The van der Waals surface area contributed by atoms with E-state index in [0.29, 0.717) is 5.56 Å². The van der Waals surface area contributed by atoms with Crippen molar-refractivity contribution in [1.29, 1.82) is 0 Å². The van der Waals surface area contributed by atoms with Crippen molar-refractivity contribution in [2.45, 2.75) is 0 Å². The number of phenols is 1. The average Bonchev–Trinajstić information content (AvgIpc) is 1.94. The lowest BCUT2D eigenvalue weighted by molar-refractivity contribution is 0.469. The number of phenolic OH excluding ortho intramolecular Hbond substituents is 1. The minimum atomic E-state index is 0.174. The normalized spacial score (nSPS) is 10.4. The van der Waals surface area contributed by atoms with Crippen LogP contribution in [0.25, 0.3) is 6.08 Å². The predicted molar refractivity (Wildman–Crippen MR) is 39.8 cm³/mol. The largest absolute Gasteiger partial charge is 0.516 e. The molecule has 0 unspecified atom stereocenters. The van der Waals surface area contributed by atoms with Crippen molar-refractivity contribution in [2.75, 3.05) is 0 Å². The van der Waals surface area contributed by atoms with Crippen LogP contribution in [0.2, 0.25) is 0 Å². The zero-order valence-corrected chi connectivity index (χ0v) is 5.36. The van der Waals surface area contributed by atoms with Gasteiger partial charge in [0.15, 0.2) is 0 Å². The van der Waals surface area contributed by atoms with Crippen LogP contribution in [0.1, 0.15) is 5.56 Å². The number of benzene rings is 1. The van der Waals surface area contributed by atoms with Crippen LogP contribution >= 0.6 is 0 Å². The van der Waals surface area contributed by atoms with Gasteiger partial charge in [-0.25, -0.2) is 0 Å². The van der Waals surface area contributed by atoms with Crippen LogP contribution in [-0.4, -0.2) is 10.2 Å². The SMILES string of the molecule is OC=Cc1ccccc1O. The Morgan fingerprint density at radius 1 is 1.20 bits per heavy atom. The van der Waals surface area contributed by atoms with E-state index in [9.17, 15) is 0 Å². The number of aliphatic hydroxyl groups is 1. The lowest BCUT2D eigenvalue weighted by atomic mass is 10.2. The summed E-state index contributed by atoms with van der Waals surface area (Å²) in [7, 11) is 0. The highest BCUT2D eigenvalue weighted by molar-refractivity contribution is 5.55. The first-order chi connectivity index (χ1) is 4.84. The summed E-state index contributed by atoms with van der Waals surface area (Å²) in [5.41, 5.74) is 0.616. The second kappa shape index (κ2) is 2.92. The number of rotatable bonds is 1. The van der Waals surface area contributed by atoms with Gasteiger partial charge in [0.2, 0.25) is 0 Å². The third kappa shape index (κ3) is 1.29. The summed E-state index contributed by atoms with van der Waals surface area (Å²) in [5.74, 6) is 0.174. The molecule has 0 saturated heterocycles. The quantitative estimate of drug-likeness (QED) is 0.579. The second-order valence-corrected chi connectivity index (χ2v) is 1.87. The highest BCUT2D eigenvalue weighted by Gasteiger charge is 1.91. The van der Waals surface area contributed by atoms with Crippen molar-refractivity contribution < 1.29 is 10.2 Å². The van der Waals surface area contributed by atoms with Gasteiger partial charge in [0.05, 0.1) is 6.26 Å². The summed E-state index contributed by atoms with van der Waals surface area (Å²) in [4.78, 5) is 0. The molecule has 2 nitrogen and oxygen atoms in total. The van der Waals surface area contributed by atoms with E-state index in [-0.39, 0.29) is 5.75 Å². The topological polar surface area (TPSA) is 40.5 Å². The maximum atomic E-state index is 9.08. The predicted octanol–water partition coefficient (Wildman–Crippen LogP) is 1.92. The standard InChI is InChI=1S/C8H8O2/c9-6-5-7-3-1-2-4-8(7)10/h1-6,9-10H. The molecule has 0 atom stereocenters. The lowest BCUT2D eigenvalue weighted by Crippen LogP contribution is -1.71. The van der Waals surface area contributed by atoms with Gasteiger partial charge >= 0.3 is 0 Å². The average molecular weight is 136 g/mol. The van der Waals surface area contributed by atoms with Gasteiger partial charge in [0, 0.05) is 5.56 Å². The van der Waals surface area contributed by atoms with Crippen LogP contribution in [0, 0.1) is 0 Å². The number of hydrogen-bond donors (Lipinski definition) is 2. The number of hydrogen-bond acceptors (Lipinski definition) is 2. The molecule has 52 valence electrons. The van der Waals surface area contributed by atoms with Crippen LogP contribution in [0.4, 0.5) is 0 Å². The van der Waals surface area contributed by atoms with Crippen LogP contribution in [0.5, 0.6) is 5.75 Å². The third-order valence-corrected chi connectivity index (χ3v) is 1.19. The zero-order valence-electron chi connectivity index (χ0n) is 5.36. The fraction of sp³-hybridized carbons (Fsp3) is 0. The Labute approximate surface area is 59.1 Å². The molecule has 2 heteroatoms. The maximum absolute atomic E-state index is 9.08. The summed E-state index contributed by atoms with van der Waals surface area (Å²) >= 11 is 0. The molecular weight excluding hydrogens is 128 g/mol. The minimum Gasteiger partial charge on any atom is -0.516 e. The van der Waals surface area contributed by atoms with E-state index >= 15 is 0 Å². The van der Waals surface area contributed by atoms with Gasteiger partial charge in [-0.3, -0.25) is 0 Å². The Hall–Kier alpha value is -1.44. The zero-order chi connectivity index (χ0) is 7.40. The molecule has 0 aliphatic heterocycles. The minimum absolute atomic E-state index is 0.174. The Bertz CT molecular complexity index is 241. The molecule has 0 heterocycles. The summed E-state index contributed by atoms with van der Waals surface area (Å²) in [5, 5.41) is 17.4. The monoisotopic (exact) mass is 136 g/mol. The van der Waals surface area contributed by atoms with Crippen molar-refractivity contribution >= 4 is 6.08 Å². The van der Waals surface area contributed by atoms with E-state index in [1.807, 2.05) is 0 Å². The van der Waals surface area contributed by atoms with E-state index in [0.717, 1.165) is 6.26 Å². The van der Waals surface area contributed by atoms with Crippen molar-refractivity contribution in [3.63, 3.8) is 0 Å². The molecule has 0 amide bonds. The van der Waals surface area contributed by atoms with Crippen LogP contribution < -0.4 is 0 Å². The van der Waals surface area contributed by atoms with Crippen molar-refractivity contribution in [2.24, 2.45) is 0 Å². The van der Waals surface area contributed by atoms with E-state index < -0.39 is 0 Å². The van der Waals surface area contributed by atoms with Crippen LogP contribution in [0.3, 0.4) is 0 Å². The van der Waals surface area contributed by atoms with E-state index in [2.05, 4.69) is 0 Å². The van der Waals surface area contributed by atoms with Gasteiger partial charge in [-0.05, 0) is 12.1 Å². The fourth-order valence-electron chi connectivity index (χ4n) is 0.709. The van der Waals surface area contributed by atoms with Gasteiger partial charge in [0.25, 0.3) is 0 Å². The van der Waals surface area contributed by atoms with Gasteiger partial charge in [0.1, 0.15) is 5.75 Å². The van der Waals surface area contributed by atoms with Crippen LogP contribution in [0.15, 0.2) is 30.5 Å². The highest BCUT2D eigenvalue weighted by Crippen LogP contribution is 2.16. The molecule has 1 aromatic carbocycles.